The molecule has 2 rings (SSSR count). The number of phenols is 1. The van der Waals surface area contributed by atoms with Crippen LogP contribution in [0.2, 0.25) is 0 Å². The van der Waals surface area contributed by atoms with Gasteiger partial charge in [0.2, 0.25) is 0 Å². The number of hydrogen-bond donors (Lipinski definition) is 3. The van der Waals surface area contributed by atoms with Gasteiger partial charge >= 0.3 is 0 Å². The van der Waals surface area contributed by atoms with Gasteiger partial charge in [-0.25, -0.2) is 0 Å². The maximum atomic E-state index is 12.2. The van der Waals surface area contributed by atoms with E-state index >= 15 is 0 Å². The van der Waals surface area contributed by atoms with E-state index < -0.39 is 0 Å². The van der Waals surface area contributed by atoms with E-state index in [1.807, 2.05) is 31.2 Å². The lowest BCUT2D eigenvalue weighted by atomic mass is 10.0. The fourth-order valence-corrected chi connectivity index (χ4v) is 2.10. The van der Waals surface area contributed by atoms with Crippen molar-refractivity contribution >= 4 is 5.91 Å². The minimum absolute atomic E-state index is 0.0987. The van der Waals surface area contributed by atoms with E-state index in [-0.39, 0.29) is 17.7 Å². The average Bonchev–Trinajstić information content (AvgIpc) is 2.50. The zero-order chi connectivity index (χ0) is 15.4. The summed E-state index contributed by atoms with van der Waals surface area (Å²) in [4.78, 5) is 12.2. The van der Waals surface area contributed by atoms with E-state index in [4.69, 9.17) is 5.73 Å². The van der Waals surface area contributed by atoms with Crippen molar-refractivity contribution in [1.29, 1.82) is 0 Å². The molecule has 0 saturated carbocycles. The number of hydrogen-bond acceptors (Lipinski definition) is 3. The van der Waals surface area contributed by atoms with Gasteiger partial charge in [-0.2, -0.15) is 0 Å². The Morgan fingerprint density at radius 1 is 1.24 bits per heavy atom. The molecule has 4 N–H and O–H groups in total. The third kappa shape index (κ3) is 3.61. The van der Waals surface area contributed by atoms with Gasteiger partial charge in [-0.3, -0.25) is 4.79 Å². The highest BCUT2D eigenvalue weighted by Gasteiger charge is 2.12. The van der Waals surface area contributed by atoms with Crippen molar-refractivity contribution < 1.29 is 9.90 Å². The van der Waals surface area contributed by atoms with Crippen molar-refractivity contribution in [3.8, 4) is 5.75 Å². The Bertz CT molecular complexity index is 636. The maximum absolute atomic E-state index is 12.2. The first-order valence-electron chi connectivity index (χ1n) is 6.90. The molecule has 0 spiro atoms. The Labute approximate surface area is 124 Å². The van der Waals surface area contributed by atoms with Crippen molar-refractivity contribution in [1.82, 2.24) is 5.32 Å². The standard InChI is InChI=1S/C17H20N2O2/c1-11-9-15(7-8-16(11)20)17(21)19-12(2)14-5-3-13(10-18)4-6-14/h3-9,12,20H,10,18H2,1-2H3,(H,19,21). The summed E-state index contributed by atoms with van der Waals surface area (Å²) in [5, 5.41) is 12.4. The number of benzene rings is 2. The number of phenolic OH excluding ortho intramolecular Hbond substituents is 1. The predicted octanol–water partition coefficient (Wildman–Crippen LogP) is 2.65. The summed E-state index contributed by atoms with van der Waals surface area (Å²) in [5.41, 5.74) is 8.88. The van der Waals surface area contributed by atoms with E-state index in [9.17, 15) is 9.90 Å². The minimum Gasteiger partial charge on any atom is -0.508 e. The summed E-state index contributed by atoms with van der Waals surface area (Å²) in [7, 11) is 0. The quantitative estimate of drug-likeness (QED) is 0.808. The summed E-state index contributed by atoms with van der Waals surface area (Å²) in [6.45, 7) is 4.21. The van der Waals surface area contributed by atoms with Crippen molar-refractivity contribution in [2.45, 2.75) is 26.4 Å². The van der Waals surface area contributed by atoms with Crippen molar-refractivity contribution in [2.24, 2.45) is 5.73 Å². The molecule has 0 aromatic heterocycles. The molecule has 1 unspecified atom stereocenters. The predicted molar refractivity (Wildman–Crippen MR) is 83.1 cm³/mol. The number of nitrogens with one attached hydrogen (secondary N) is 1. The lowest BCUT2D eigenvalue weighted by Gasteiger charge is -2.15. The maximum Gasteiger partial charge on any atom is 0.251 e. The number of carbonyl (C=O) groups is 1. The summed E-state index contributed by atoms with van der Waals surface area (Å²) in [5.74, 6) is 0.0328. The van der Waals surface area contributed by atoms with Gasteiger partial charge in [0.1, 0.15) is 5.75 Å². The molecule has 2 aromatic carbocycles. The number of nitrogens with two attached hydrogens (primary N) is 1. The second kappa shape index (κ2) is 6.41. The third-order valence-corrected chi connectivity index (χ3v) is 3.52. The van der Waals surface area contributed by atoms with Gasteiger partial charge in [-0.15, -0.1) is 0 Å². The number of aromatic hydroxyl groups is 1. The van der Waals surface area contributed by atoms with Crippen molar-refractivity contribution in [3.63, 3.8) is 0 Å². The Morgan fingerprint density at radius 2 is 1.90 bits per heavy atom. The monoisotopic (exact) mass is 284 g/mol. The Hall–Kier alpha value is -2.33. The fraction of sp³-hybridized carbons (Fsp3) is 0.235. The minimum atomic E-state index is -0.159. The molecule has 2 aromatic rings. The van der Waals surface area contributed by atoms with Crippen molar-refractivity contribution in [3.05, 3.63) is 64.7 Å². The molecule has 110 valence electrons. The Morgan fingerprint density at radius 3 is 2.48 bits per heavy atom. The first-order chi connectivity index (χ1) is 10.0. The van der Waals surface area contributed by atoms with Gasteiger partial charge in [-0.1, -0.05) is 24.3 Å². The van der Waals surface area contributed by atoms with E-state index in [0.717, 1.165) is 11.1 Å². The Balaban J connectivity index is 2.08. The molecule has 1 amide bonds. The summed E-state index contributed by atoms with van der Waals surface area (Å²) < 4.78 is 0. The van der Waals surface area contributed by atoms with Crippen LogP contribution < -0.4 is 11.1 Å². The second-order valence-electron chi connectivity index (χ2n) is 5.14. The molecule has 0 bridgehead atoms. The topological polar surface area (TPSA) is 75.4 Å². The molecule has 0 aliphatic carbocycles. The number of aryl methyl sites for hydroxylation is 1. The molecule has 4 nitrogen and oxygen atoms in total. The fourth-order valence-electron chi connectivity index (χ4n) is 2.10. The normalized spacial score (nSPS) is 12.0. The number of rotatable bonds is 4. The lowest BCUT2D eigenvalue weighted by molar-refractivity contribution is 0.0940. The van der Waals surface area contributed by atoms with E-state index in [2.05, 4.69) is 5.32 Å². The number of amides is 1. The summed E-state index contributed by atoms with van der Waals surface area (Å²) >= 11 is 0. The lowest BCUT2D eigenvalue weighted by Crippen LogP contribution is -2.26. The number of carbonyl (C=O) groups excluding carboxylic acids is 1. The molecule has 0 aliphatic heterocycles. The largest absolute Gasteiger partial charge is 0.508 e. The highest BCUT2D eigenvalue weighted by Crippen LogP contribution is 2.18. The van der Waals surface area contributed by atoms with E-state index in [1.165, 1.54) is 6.07 Å². The zero-order valence-corrected chi connectivity index (χ0v) is 12.3. The van der Waals surface area contributed by atoms with Gasteiger partial charge in [0, 0.05) is 12.1 Å². The SMILES string of the molecule is Cc1cc(C(=O)NC(C)c2ccc(CN)cc2)ccc1O. The van der Waals surface area contributed by atoms with E-state index in [0.29, 0.717) is 17.7 Å². The molecular formula is C17H20N2O2. The molecule has 0 heterocycles. The van der Waals surface area contributed by atoms with Crippen LogP contribution in [0.5, 0.6) is 5.75 Å². The first-order valence-corrected chi connectivity index (χ1v) is 6.90. The summed E-state index contributed by atoms with van der Waals surface area (Å²) in [6.07, 6.45) is 0. The third-order valence-electron chi connectivity index (χ3n) is 3.52. The van der Waals surface area contributed by atoms with Crippen LogP contribution >= 0.6 is 0 Å². The van der Waals surface area contributed by atoms with Gasteiger partial charge < -0.3 is 16.2 Å². The Kier molecular flexibility index (Phi) is 4.60. The first kappa shape index (κ1) is 15.1. The molecule has 21 heavy (non-hydrogen) atoms. The molecule has 0 aliphatic rings. The molecule has 4 heteroatoms. The van der Waals surface area contributed by atoms with E-state index in [1.54, 1.807) is 19.1 Å². The second-order valence-corrected chi connectivity index (χ2v) is 5.14. The van der Waals surface area contributed by atoms with Gasteiger partial charge in [-0.05, 0) is 48.7 Å². The van der Waals surface area contributed by atoms with Crippen LogP contribution in [0.25, 0.3) is 0 Å². The van der Waals surface area contributed by atoms with Crippen LogP contribution in [0.3, 0.4) is 0 Å². The molecule has 0 fully saturated rings. The zero-order valence-electron chi connectivity index (χ0n) is 12.3. The average molecular weight is 284 g/mol. The van der Waals surface area contributed by atoms with Crippen molar-refractivity contribution in [2.75, 3.05) is 0 Å². The van der Waals surface area contributed by atoms with Gasteiger partial charge in [0.25, 0.3) is 5.91 Å². The summed E-state index contributed by atoms with van der Waals surface area (Å²) in [6, 6.07) is 12.6. The van der Waals surface area contributed by atoms with Gasteiger partial charge in [0.05, 0.1) is 6.04 Å². The van der Waals surface area contributed by atoms with Crippen LogP contribution in [0.15, 0.2) is 42.5 Å². The molecule has 0 saturated heterocycles. The van der Waals surface area contributed by atoms with Crippen LogP contribution in [-0.4, -0.2) is 11.0 Å². The highest BCUT2D eigenvalue weighted by atomic mass is 16.3. The molecule has 0 radical (unpaired) electrons. The van der Waals surface area contributed by atoms with Crippen LogP contribution in [0.1, 0.15) is 40.0 Å². The van der Waals surface area contributed by atoms with Crippen LogP contribution in [0.4, 0.5) is 0 Å². The molecule has 1 atom stereocenters. The highest BCUT2D eigenvalue weighted by molar-refractivity contribution is 5.94. The molecular weight excluding hydrogens is 264 g/mol. The smallest absolute Gasteiger partial charge is 0.251 e. The van der Waals surface area contributed by atoms with Crippen LogP contribution in [-0.2, 0) is 6.54 Å². The van der Waals surface area contributed by atoms with Gasteiger partial charge in [0.15, 0.2) is 0 Å². The van der Waals surface area contributed by atoms with Crippen LogP contribution in [0, 0.1) is 6.92 Å².